The predicted octanol–water partition coefficient (Wildman–Crippen LogP) is 2.81. The number of benzene rings is 1. The van der Waals surface area contributed by atoms with E-state index in [1.54, 1.807) is 34.7 Å². The summed E-state index contributed by atoms with van der Waals surface area (Å²) < 4.78 is 34.1. The lowest BCUT2D eigenvalue weighted by Gasteiger charge is -2.27. The van der Waals surface area contributed by atoms with Crippen LogP contribution in [0.25, 0.3) is 0 Å². The van der Waals surface area contributed by atoms with Gasteiger partial charge in [-0.3, -0.25) is 9.48 Å². The molecule has 1 aliphatic heterocycles. The molecule has 5 nitrogen and oxygen atoms in total. The van der Waals surface area contributed by atoms with Gasteiger partial charge in [0.15, 0.2) is 0 Å². The van der Waals surface area contributed by atoms with E-state index in [9.17, 15) is 13.6 Å². The van der Waals surface area contributed by atoms with Crippen molar-refractivity contribution in [2.24, 2.45) is 5.92 Å². The fourth-order valence-corrected chi connectivity index (χ4v) is 3.19. The highest BCUT2D eigenvalue weighted by Gasteiger charge is 2.52. The molecule has 7 heteroatoms. The van der Waals surface area contributed by atoms with Gasteiger partial charge in [0, 0.05) is 25.1 Å². The molecule has 25 heavy (non-hydrogen) atoms. The standard InChI is InChI=1S/C18H19F2N3O2/c1-18(20)9-12(18)10-22-5-6-23-16(17(22)24)8-14(21-23)11-25-15-4-2-3-13(19)7-15/h2-4,7-8,12H,5-6,9-11H2,1H3/t12-,18?/m1/s1. The third-order valence-corrected chi connectivity index (χ3v) is 4.88. The Hall–Kier alpha value is -2.44. The summed E-state index contributed by atoms with van der Waals surface area (Å²) in [6.45, 7) is 3.30. The number of alkyl halides is 1. The zero-order valence-electron chi connectivity index (χ0n) is 13.9. The number of carbonyl (C=O) groups is 1. The third kappa shape index (κ3) is 3.23. The molecule has 1 aromatic carbocycles. The summed E-state index contributed by atoms with van der Waals surface area (Å²) in [4.78, 5) is 14.3. The Balaban J connectivity index is 1.42. The number of amides is 1. The van der Waals surface area contributed by atoms with Crippen LogP contribution in [0.2, 0.25) is 0 Å². The highest BCUT2D eigenvalue weighted by Crippen LogP contribution is 2.47. The molecule has 1 unspecified atom stereocenters. The zero-order valence-corrected chi connectivity index (χ0v) is 13.9. The summed E-state index contributed by atoms with van der Waals surface area (Å²) in [7, 11) is 0. The summed E-state index contributed by atoms with van der Waals surface area (Å²) in [5.74, 6) is -0.151. The van der Waals surface area contributed by atoms with Gasteiger partial charge < -0.3 is 9.64 Å². The normalized spacial score (nSPS) is 25.0. The molecule has 0 N–H and O–H groups in total. The topological polar surface area (TPSA) is 47.4 Å². The molecule has 132 valence electrons. The summed E-state index contributed by atoms with van der Waals surface area (Å²) in [6.07, 6.45) is 0.517. The lowest BCUT2D eigenvalue weighted by Crippen LogP contribution is -2.42. The first-order chi connectivity index (χ1) is 11.9. The van der Waals surface area contributed by atoms with Crippen molar-refractivity contribution in [1.29, 1.82) is 0 Å². The van der Waals surface area contributed by atoms with E-state index < -0.39 is 5.67 Å². The van der Waals surface area contributed by atoms with Crippen LogP contribution in [0.1, 0.15) is 29.5 Å². The van der Waals surface area contributed by atoms with Gasteiger partial charge in [-0.25, -0.2) is 8.78 Å². The van der Waals surface area contributed by atoms with E-state index in [2.05, 4.69) is 5.10 Å². The molecule has 1 aromatic heterocycles. The molecular weight excluding hydrogens is 328 g/mol. The number of ether oxygens (including phenoxy) is 1. The molecule has 1 saturated carbocycles. The first-order valence-electron chi connectivity index (χ1n) is 8.36. The van der Waals surface area contributed by atoms with Gasteiger partial charge in [-0.2, -0.15) is 5.10 Å². The van der Waals surface area contributed by atoms with Crippen LogP contribution in [-0.2, 0) is 13.2 Å². The Bertz CT molecular complexity index is 818. The predicted molar refractivity (Wildman–Crippen MR) is 86.5 cm³/mol. The van der Waals surface area contributed by atoms with Crippen molar-refractivity contribution in [1.82, 2.24) is 14.7 Å². The molecule has 1 fully saturated rings. The molecular formula is C18H19F2N3O2. The number of carbonyl (C=O) groups excluding carboxylic acids is 1. The van der Waals surface area contributed by atoms with Crippen molar-refractivity contribution in [3.8, 4) is 5.75 Å². The van der Waals surface area contributed by atoms with Crippen LogP contribution >= 0.6 is 0 Å². The number of hydrogen-bond donors (Lipinski definition) is 0. The van der Waals surface area contributed by atoms with E-state index >= 15 is 0 Å². The number of nitrogens with zero attached hydrogens (tertiary/aromatic N) is 3. The van der Waals surface area contributed by atoms with Crippen molar-refractivity contribution in [3.63, 3.8) is 0 Å². The van der Waals surface area contributed by atoms with E-state index in [0.29, 0.717) is 43.2 Å². The molecule has 1 aliphatic carbocycles. The van der Waals surface area contributed by atoms with E-state index in [1.807, 2.05) is 0 Å². The van der Waals surface area contributed by atoms with Crippen LogP contribution in [0, 0.1) is 11.7 Å². The smallest absolute Gasteiger partial charge is 0.272 e. The van der Waals surface area contributed by atoms with Gasteiger partial charge in [0.25, 0.3) is 5.91 Å². The van der Waals surface area contributed by atoms with Crippen LogP contribution < -0.4 is 4.74 Å². The second-order valence-electron chi connectivity index (χ2n) is 6.92. The van der Waals surface area contributed by atoms with Crippen LogP contribution in [0.15, 0.2) is 30.3 Å². The SMILES string of the molecule is CC1(F)C[C@@H]1CN1CCn2nc(COc3cccc(F)c3)cc2C1=O. The highest BCUT2D eigenvalue weighted by atomic mass is 19.1. The summed E-state index contributed by atoms with van der Waals surface area (Å²) in [6, 6.07) is 7.57. The number of hydrogen-bond acceptors (Lipinski definition) is 3. The van der Waals surface area contributed by atoms with Crippen molar-refractivity contribution in [2.75, 3.05) is 13.1 Å². The van der Waals surface area contributed by atoms with Gasteiger partial charge in [0.05, 0.1) is 6.54 Å². The second kappa shape index (κ2) is 5.82. The van der Waals surface area contributed by atoms with E-state index in [-0.39, 0.29) is 24.2 Å². The minimum Gasteiger partial charge on any atom is -0.487 e. The molecule has 2 aromatic rings. The fraction of sp³-hybridized carbons (Fsp3) is 0.444. The van der Waals surface area contributed by atoms with E-state index in [1.165, 1.54) is 12.1 Å². The van der Waals surface area contributed by atoms with Gasteiger partial charge in [-0.1, -0.05) is 6.07 Å². The molecule has 2 atom stereocenters. The quantitative estimate of drug-likeness (QED) is 0.836. The first-order valence-corrected chi connectivity index (χ1v) is 8.36. The molecule has 0 bridgehead atoms. The molecule has 4 rings (SSSR count). The molecule has 2 heterocycles. The molecule has 2 aliphatic rings. The van der Waals surface area contributed by atoms with Crippen LogP contribution in [0.5, 0.6) is 5.75 Å². The fourth-order valence-electron chi connectivity index (χ4n) is 3.19. The molecule has 0 spiro atoms. The summed E-state index contributed by atoms with van der Waals surface area (Å²) in [5.41, 5.74) is -0.0383. The maximum atomic E-state index is 13.7. The molecule has 0 radical (unpaired) electrons. The Labute approximate surface area is 144 Å². The minimum absolute atomic E-state index is 0.0679. The third-order valence-electron chi connectivity index (χ3n) is 4.88. The van der Waals surface area contributed by atoms with Crippen molar-refractivity contribution < 1.29 is 18.3 Å². The zero-order chi connectivity index (χ0) is 17.6. The first kappa shape index (κ1) is 16.1. The number of fused-ring (bicyclic) bond motifs is 1. The van der Waals surface area contributed by atoms with Crippen molar-refractivity contribution >= 4 is 5.91 Å². The van der Waals surface area contributed by atoms with Crippen molar-refractivity contribution in [2.45, 2.75) is 32.2 Å². The number of aromatic nitrogens is 2. The molecule has 1 amide bonds. The van der Waals surface area contributed by atoms with Gasteiger partial charge >= 0.3 is 0 Å². The second-order valence-corrected chi connectivity index (χ2v) is 6.92. The largest absolute Gasteiger partial charge is 0.487 e. The maximum Gasteiger partial charge on any atom is 0.272 e. The Morgan fingerprint density at radius 3 is 2.88 bits per heavy atom. The monoisotopic (exact) mass is 347 g/mol. The minimum atomic E-state index is -1.14. The highest BCUT2D eigenvalue weighted by molar-refractivity contribution is 5.93. The van der Waals surface area contributed by atoms with E-state index in [4.69, 9.17) is 4.74 Å². The van der Waals surface area contributed by atoms with Crippen LogP contribution in [-0.4, -0.2) is 39.3 Å². The number of rotatable bonds is 5. The Kier molecular flexibility index (Phi) is 3.74. The maximum absolute atomic E-state index is 13.7. The average molecular weight is 347 g/mol. The van der Waals surface area contributed by atoms with Crippen LogP contribution in [0.3, 0.4) is 0 Å². The van der Waals surface area contributed by atoms with Gasteiger partial charge in [0.2, 0.25) is 0 Å². The molecule has 0 saturated heterocycles. The average Bonchev–Trinajstić information content (AvgIpc) is 2.98. The number of halogens is 2. The summed E-state index contributed by atoms with van der Waals surface area (Å²) >= 11 is 0. The van der Waals surface area contributed by atoms with Gasteiger partial charge in [0.1, 0.15) is 35.2 Å². The lowest BCUT2D eigenvalue weighted by atomic mass is 10.2. The van der Waals surface area contributed by atoms with Crippen LogP contribution in [0.4, 0.5) is 8.78 Å². The van der Waals surface area contributed by atoms with Gasteiger partial charge in [-0.15, -0.1) is 0 Å². The van der Waals surface area contributed by atoms with Crippen molar-refractivity contribution in [3.05, 3.63) is 47.5 Å². The Morgan fingerprint density at radius 1 is 1.36 bits per heavy atom. The van der Waals surface area contributed by atoms with Gasteiger partial charge in [-0.05, 0) is 31.5 Å². The summed E-state index contributed by atoms with van der Waals surface area (Å²) in [5, 5.41) is 4.37. The Morgan fingerprint density at radius 2 is 2.16 bits per heavy atom. The lowest BCUT2D eigenvalue weighted by molar-refractivity contribution is 0.0678. The van der Waals surface area contributed by atoms with E-state index in [0.717, 1.165) is 0 Å².